The third kappa shape index (κ3) is 4.59. The summed E-state index contributed by atoms with van der Waals surface area (Å²) in [5.74, 6) is 2.08. The van der Waals surface area contributed by atoms with Crippen LogP contribution in [0.1, 0.15) is 23.6 Å². The standard InChI is InChI=1S/C17H22BrFN6O/c1-20-17(21-8-11-7-12(18)3-5-14(11)19)22-13-4-6-16-23-15(10-26-2)24-25(16)9-13/h3,5,7,13H,4,6,8-10H2,1-2H3,(H2,20,21,22). The predicted octanol–water partition coefficient (Wildman–Crippen LogP) is 2.01. The van der Waals surface area contributed by atoms with Crippen LogP contribution in [0, 0.1) is 5.82 Å². The maximum atomic E-state index is 13.9. The molecule has 140 valence electrons. The lowest BCUT2D eigenvalue weighted by molar-refractivity contribution is 0.177. The van der Waals surface area contributed by atoms with E-state index >= 15 is 0 Å². The molecule has 7 nitrogen and oxygen atoms in total. The fourth-order valence-electron chi connectivity index (χ4n) is 2.91. The molecule has 9 heteroatoms. The van der Waals surface area contributed by atoms with Crippen molar-refractivity contribution in [1.29, 1.82) is 0 Å². The molecule has 2 N–H and O–H groups in total. The van der Waals surface area contributed by atoms with Gasteiger partial charge in [0.15, 0.2) is 11.8 Å². The van der Waals surface area contributed by atoms with Crippen LogP contribution in [0.5, 0.6) is 0 Å². The summed E-state index contributed by atoms with van der Waals surface area (Å²) in [5, 5.41) is 11.0. The highest BCUT2D eigenvalue weighted by molar-refractivity contribution is 9.10. The van der Waals surface area contributed by atoms with Crippen molar-refractivity contribution in [3.8, 4) is 0 Å². The molecule has 3 rings (SSSR count). The summed E-state index contributed by atoms with van der Waals surface area (Å²) in [4.78, 5) is 8.71. The molecule has 1 aromatic carbocycles. The second-order valence-corrected chi connectivity index (χ2v) is 7.02. The minimum atomic E-state index is -0.244. The Balaban J connectivity index is 1.57. The van der Waals surface area contributed by atoms with Gasteiger partial charge in [0, 0.05) is 43.2 Å². The quantitative estimate of drug-likeness (QED) is 0.566. The van der Waals surface area contributed by atoms with Crippen molar-refractivity contribution in [3.05, 3.63) is 45.7 Å². The number of rotatable bonds is 5. The van der Waals surface area contributed by atoms with Gasteiger partial charge in [-0.2, -0.15) is 5.10 Å². The van der Waals surface area contributed by atoms with Gasteiger partial charge in [-0.05, 0) is 24.6 Å². The van der Waals surface area contributed by atoms with Crippen molar-refractivity contribution in [2.45, 2.75) is 38.6 Å². The van der Waals surface area contributed by atoms with Gasteiger partial charge in [-0.1, -0.05) is 15.9 Å². The number of methoxy groups -OCH3 is 1. The minimum Gasteiger partial charge on any atom is -0.377 e. The highest BCUT2D eigenvalue weighted by Crippen LogP contribution is 2.16. The van der Waals surface area contributed by atoms with Crippen LogP contribution in [0.2, 0.25) is 0 Å². The Labute approximate surface area is 160 Å². The molecule has 0 spiro atoms. The molecule has 0 amide bonds. The van der Waals surface area contributed by atoms with Crippen LogP contribution in [-0.2, 0) is 30.9 Å². The molecule has 0 saturated carbocycles. The first-order valence-corrected chi connectivity index (χ1v) is 9.21. The van der Waals surface area contributed by atoms with E-state index in [0.29, 0.717) is 37.0 Å². The van der Waals surface area contributed by atoms with Crippen molar-refractivity contribution >= 4 is 21.9 Å². The molecule has 0 saturated heterocycles. The Morgan fingerprint density at radius 2 is 2.35 bits per heavy atom. The second kappa shape index (κ2) is 8.59. The third-order valence-electron chi connectivity index (χ3n) is 4.19. The first-order valence-electron chi connectivity index (χ1n) is 8.41. The monoisotopic (exact) mass is 424 g/mol. The van der Waals surface area contributed by atoms with Crippen molar-refractivity contribution in [1.82, 2.24) is 25.4 Å². The normalized spacial score (nSPS) is 17.1. The molecule has 0 radical (unpaired) electrons. The lowest BCUT2D eigenvalue weighted by atomic mass is 10.1. The number of fused-ring (bicyclic) bond motifs is 1. The van der Waals surface area contributed by atoms with Crippen molar-refractivity contribution in [2.75, 3.05) is 14.2 Å². The van der Waals surface area contributed by atoms with Gasteiger partial charge in [-0.15, -0.1) is 0 Å². The molecule has 26 heavy (non-hydrogen) atoms. The van der Waals surface area contributed by atoms with Crippen LogP contribution in [-0.4, -0.2) is 40.9 Å². The largest absolute Gasteiger partial charge is 0.377 e. The van der Waals surface area contributed by atoms with E-state index in [0.717, 1.165) is 23.1 Å². The molecule has 0 bridgehead atoms. The number of nitrogens with zero attached hydrogens (tertiary/aromatic N) is 4. The summed E-state index contributed by atoms with van der Waals surface area (Å²) >= 11 is 3.36. The molecule has 1 unspecified atom stereocenters. The summed E-state index contributed by atoms with van der Waals surface area (Å²) in [5.41, 5.74) is 0.578. The fourth-order valence-corrected chi connectivity index (χ4v) is 3.32. The molecule has 0 aliphatic carbocycles. The van der Waals surface area contributed by atoms with Gasteiger partial charge in [-0.25, -0.2) is 14.1 Å². The van der Waals surface area contributed by atoms with E-state index in [4.69, 9.17) is 4.74 Å². The van der Waals surface area contributed by atoms with Crippen LogP contribution >= 0.6 is 15.9 Å². The second-order valence-electron chi connectivity index (χ2n) is 6.10. The van der Waals surface area contributed by atoms with Crippen molar-refractivity contribution < 1.29 is 9.13 Å². The zero-order valence-corrected chi connectivity index (χ0v) is 16.4. The number of benzene rings is 1. The van der Waals surface area contributed by atoms with E-state index in [2.05, 4.69) is 41.6 Å². The maximum Gasteiger partial charge on any atom is 0.191 e. The van der Waals surface area contributed by atoms with Gasteiger partial charge in [0.05, 0.1) is 6.54 Å². The number of halogens is 2. The maximum absolute atomic E-state index is 13.9. The van der Waals surface area contributed by atoms with E-state index in [1.165, 1.54) is 6.07 Å². The topological polar surface area (TPSA) is 76.4 Å². The van der Waals surface area contributed by atoms with Gasteiger partial charge in [-0.3, -0.25) is 4.99 Å². The Morgan fingerprint density at radius 3 is 3.12 bits per heavy atom. The number of ether oxygens (including phenoxy) is 1. The summed E-state index contributed by atoms with van der Waals surface area (Å²) < 4.78 is 21.7. The summed E-state index contributed by atoms with van der Waals surface area (Å²) in [6.07, 6.45) is 1.77. The fraction of sp³-hybridized carbons (Fsp3) is 0.471. The SMILES string of the molecule is CN=C(NCc1cc(Br)ccc1F)NC1CCc2nc(COC)nn2C1. The van der Waals surface area contributed by atoms with Gasteiger partial charge in [0.1, 0.15) is 18.2 Å². The number of hydrogen-bond donors (Lipinski definition) is 2. The number of hydrogen-bond acceptors (Lipinski definition) is 4. The van der Waals surface area contributed by atoms with E-state index in [-0.39, 0.29) is 11.9 Å². The highest BCUT2D eigenvalue weighted by atomic mass is 79.9. The molecular formula is C17H22BrFN6O. The van der Waals surface area contributed by atoms with Crippen LogP contribution in [0.15, 0.2) is 27.7 Å². The van der Waals surface area contributed by atoms with E-state index in [9.17, 15) is 4.39 Å². The Morgan fingerprint density at radius 1 is 1.50 bits per heavy atom. The molecule has 0 fully saturated rings. The predicted molar refractivity (Wildman–Crippen MR) is 100 cm³/mol. The molecule has 1 atom stereocenters. The highest BCUT2D eigenvalue weighted by Gasteiger charge is 2.22. The summed E-state index contributed by atoms with van der Waals surface area (Å²) in [7, 11) is 3.33. The van der Waals surface area contributed by atoms with Crippen molar-refractivity contribution in [3.63, 3.8) is 0 Å². The van der Waals surface area contributed by atoms with E-state index in [1.54, 1.807) is 26.3 Å². The number of aromatic nitrogens is 3. The van der Waals surface area contributed by atoms with Gasteiger partial charge in [0.2, 0.25) is 0 Å². The van der Waals surface area contributed by atoms with Gasteiger partial charge in [0.25, 0.3) is 0 Å². The Bertz CT molecular complexity index is 794. The molecular weight excluding hydrogens is 403 g/mol. The number of aryl methyl sites for hydroxylation is 1. The first-order chi connectivity index (χ1) is 12.6. The lowest BCUT2D eigenvalue weighted by Gasteiger charge is -2.25. The smallest absolute Gasteiger partial charge is 0.191 e. The molecule has 2 heterocycles. The zero-order chi connectivity index (χ0) is 18.5. The third-order valence-corrected chi connectivity index (χ3v) is 4.69. The molecule has 1 aromatic heterocycles. The minimum absolute atomic E-state index is 0.179. The Hall–Kier alpha value is -2.00. The summed E-state index contributed by atoms with van der Waals surface area (Å²) in [6.45, 7) is 1.47. The van der Waals surface area contributed by atoms with E-state index in [1.807, 2.05) is 4.68 Å². The van der Waals surface area contributed by atoms with Crippen LogP contribution in [0.3, 0.4) is 0 Å². The van der Waals surface area contributed by atoms with Crippen LogP contribution < -0.4 is 10.6 Å². The Kier molecular flexibility index (Phi) is 6.20. The average molecular weight is 425 g/mol. The average Bonchev–Trinajstić information content (AvgIpc) is 3.03. The summed E-state index contributed by atoms with van der Waals surface area (Å²) in [6, 6.07) is 5.07. The van der Waals surface area contributed by atoms with Crippen molar-refractivity contribution in [2.24, 2.45) is 4.99 Å². The van der Waals surface area contributed by atoms with Crippen LogP contribution in [0.25, 0.3) is 0 Å². The molecule has 1 aliphatic heterocycles. The first kappa shape index (κ1) is 18.8. The zero-order valence-electron chi connectivity index (χ0n) is 14.8. The number of aliphatic imine (C=N–C) groups is 1. The lowest BCUT2D eigenvalue weighted by Crippen LogP contribution is -2.46. The number of nitrogens with one attached hydrogen (secondary N) is 2. The van der Waals surface area contributed by atoms with Gasteiger partial charge < -0.3 is 15.4 Å². The molecule has 1 aliphatic rings. The van der Waals surface area contributed by atoms with E-state index < -0.39 is 0 Å². The van der Waals surface area contributed by atoms with Gasteiger partial charge >= 0.3 is 0 Å². The molecule has 2 aromatic rings. The number of guanidine groups is 1. The van der Waals surface area contributed by atoms with Crippen LogP contribution in [0.4, 0.5) is 4.39 Å².